The van der Waals surface area contributed by atoms with E-state index in [-0.39, 0.29) is 17.7 Å². The van der Waals surface area contributed by atoms with Gasteiger partial charge in [-0.25, -0.2) is 14.2 Å². The molecule has 0 aliphatic carbocycles. The minimum atomic E-state index is -0.868. The van der Waals surface area contributed by atoms with Gasteiger partial charge in [-0.3, -0.25) is 9.36 Å². The standard InChI is InChI=1S/C29H22BrFN2O4S/c1-3-37-28(35)24-25(17-7-5-4-6-8-17)32-29-33(26(24)18-9-12-21(31)13-10-18)27(34)23(38-29)16-19-15-20(30)11-14-22(19)36-2/h4-16,26H,3H2,1-2H3/b23-16-/t26-/m1/s1. The van der Waals surface area contributed by atoms with E-state index in [1.165, 1.54) is 28.0 Å². The number of nitrogens with zero attached hydrogens (tertiary/aromatic N) is 2. The number of halogens is 2. The molecule has 0 saturated heterocycles. The number of methoxy groups -OCH3 is 1. The highest BCUT2D eigenvalue weighted by Gasteiger charge is 2.35. The summed E-state index contributed by atoms with van der Waals surface area (Å²) in [4.78, 5) is 32.5. The van der Waals surface area contributed by atoms with E-state index in [1.807, 2.05) is 42.5 Å². The van der Waals surface area contributed by atoms with Crippen molar-refractivity contribution in [2.45, 2.75) is 13.0 Å². The molecule has 0 bridgehead atoms. The molecule has 9 heteroatoms. The Hall–Kier alpha value is -3.82. The molecule has 1 atom stereocenters. The minimum absolute atomic E-state index is 0.146. The summed E-state index contributed by atoms with van der Waals surface area (Å²) in [5.74, 6) is -0.411. The van der Waals surface area contributed by atoms with Gasteiger partial charge in [-0.2, -0.15) is 0 Å². The lowest BCUT2D eigenvalue weighted by Gasteiger charge is -2.25. The quantitative estimate of drug-likeness (QED) is 0.300. The van der Waals surface area contributed by atoms with Crippen LogP contribution in [0.5, 0.6) is 5.75 Å². The van der Waals surface area contributed by atoms with Crippen LogP contribution in [0.25, 0.3) is 11.8 Å². The number of benzene rings is 3. The molecule has 0 unspecified atom stereocenters. The Labute approximate surface area is 230 Å². The lowest BCUT2D eigenvalue weighted by molar-refractivity contribution is -0.138. The first kappa shape index (κ1) is 25.8. The maximum Gasteiger partial charge on any atom is 0.338 e. The van der Waals surface area contributed by atoms with Crippen LogP contribution >= 0.6 is 27.3 Å². The lowest BCUT2D eigenvalue weighted by atomic mass is 9.93. The molecule has 1 aliphatic rings. The number of fused-ring (bicyclic) bond motifs is 1. The maximum absolute atomic E-state index is 13.9. The number of esters is 1. The van der Waals surface area contributed by atoms with Gasteiger partial charge in [0.25, 0.3) is 5.56 Å². The van der Waals surface area contributed by atoms with Crippen LogP contribution < -0.4 is 19.6 Å². The number of thiazole rings is 1. The molecule has 3 aromatic carbocycles. The maximum atomic E-state index is 13.9. The molecule has 1 aromatic heterocycles. The summed E-state index contributed by atoms with van der Waals surface area (Å²) < 4.78 is 27.5. The molecule has 38 heavy (non-hydrogen) atoms. The second-order valence-electron chi connectivity index (χ2n) is 8.37. The van der Waals surface area contributed by atoms with Crippen LogP contribution in [-0.4, -0.2) is 24.3 Å². The van der Waals surface area contributed by atoms with E-state index in [2.05, 4.69) is 15.9 Å². The van der Waals surface area contributed by atoms with Crippen molar-refractivity contribution in [2.24, 2.45) is 4.99 Å². The summed E-state index contributed by atoms with van der Waals surface area (Å²) in [5.41, 5.74) is 2.26. The van der Waals surface area contributed by atoms with Crippen LogP contribution in [0.1, 0.15) is 29.7 Å². The molecule has 0 radical (unpaired) electrons. The van der Waals surface area contributed by atoms with Crippen LogP contribution in [0.3, 0.4) is 0 Å². The van der Waals surface area contributed by atoms with Crippen molar-refractivity contribution in [3.63, 3.8) is 0 Å². The fraction of sp³-hybridized carbons (Fsp3) is 0.138. The number of carbonyl (C=O) groups is 1. The molecule has 0 spiro atoms. The number of hydrogen-bond acceptors (Lipinski definition) is 6. The lowest BCUT2D eigenvalue weighted by Crippen LogP contribution is -2.40. The zero-order chi connectivity index (χ0) is 26.8. The van der Waals surface area contributed by atoms with Gasteiger partial charge in [0.05, 0.1) is 35.6 Å². The van der Waals surface area contributed by atoms with E-state index in [0.717, 1.165) is 4.47 Å². The van der Waals surface area contributed by atoms with Crippen LogP contribution in [0, 0.1) is 5.82 Å². The fourth-order valence-corrected chi connectivity index (χ4v) is 5.73. The third kappa shape index (κ3) is 4.87. The fourth-order valence-electron chi connectivity index (χ4n) is 4.36. The van der Waals surface area contributed by atoms with Crippen LogP contribution in [-0.2, 0) is 9.53 Å². The highest BCUT2D eigenvalue weighted by molar-refractivity contribution is 9.10. The Morgan fingerprint density at radius 3 is 2.55 bits per heavy atom. The van der Waals surface area contributed by atoms with Gasteiger partial charge in [-0.05, 0) is 48.9 Å². The van der Waals surface area contributed by atoms with Gasteiger partial charge < -0.3 is 9.47 Å². The van der Waals surface area contributed by atoms with Crippen molar-refractivity contribution in [3.05, 3.63) is 125 Å². The predicted molar refractivity (Wildman–Crippen MR) is 148 cm³/mol. The van der Waals surface area contributed by atoms with Crippen LogP contribution in [0.4, 0.5) is 4.39 Å². The molecule has 0 saturated carbocycles. The van der Waals surface area contributed by atoms with E-state index >= 15 is 0 Å². The van der Waals surface area contributed by atoms with Crippen molar-refractivity contribution >= 4 is 45.0 Å². The molecule has 6 nitrogen and oxygen atoms in total. The van der Waals surface area contributed by atoms with Gasteiger partial charge in [0.1, 0.15) is 11.6 Å². The molecular formula is C29H22BrFN2O4S. The molecule has 1 aliphatic heterocycles. The Balaban J connectivity index is 1.84. The van der Waals surface area contributed by atoms with E-state index < -0.39 is 17.8 Å². The largest absolute Gasteiger partial charge is 0.496 e. The summed E-state index contributed by atoms with van der Waals surface area (Å²) in [6.45, 7) is 1.86. The van der Waals surface area contributed by atoms with Gasteiger partial charge in [-0.1, -0.05) is 69.7 Å². The summed E-state index contributed by atoms with van der Waals surface area (Å²) in [5, 5.41) is 0. The first-order valence-corrected chi connectivity index (χ1v) is 13.4. The molecule has 0 N–H and O–H groups in total. The van der Waals surface area contributed by atoms with Gasteiger partial charge in [-0.15, -0.1) is 0 Å². The smallest absolute Gasteiger partial charge is 0.338 e. The zero-order valence-corrected chi connectivity index (χ0v) is 22.9. The number of rotatable bonds is 6. The Kier molecular flexibility index (Phi) is 7.40. The second-order valence-corrected chi connectivity index (χ2v) is 10.3. The highest BCUT2D eigenvalue weighted by Crippen LogP contribution is 2.35. The third-order valence-corrected chi connectivity index (χ3v) is 7.51. The molecular weight excluding hydrogens is 571 g/mol. The minimum Gasteiger partial charge on any atom is -0.496 e. The Bertz CT molecular complexity index is 1730. The van der Waals surface area contributed by atoms with Gasteiger partial charge >= 0.3 is 5.97 Å². The third-order valence-electron chi connectivity index (χ3n) is 6.04. The molecule has 2 heterocycles. The molecule has 5 rings (SSSR count). The topological polar surface area (TPSA) is 69.9 Å². The Morgan fingerprint density at radius 1 is 1.13 bits per heavy atom. The zero-order valence-electron chi connectivity index (χ0n) is 20.5. The molecule has 0 fully saturated rings. The molecule has 0 amide bonds. The monoisotopic (exact) mass is 592 g/mol. The van der Waals surface area contributed by atoms with Crippen molar-refractivity contribution in [3.8, 4) is 5.75 Å². The van der Waals surface area contributed by atoms with Gasteiger partial charge in [0.2, 0.25) is 0 Å². The van der Waals surface area contributed by atoms with Gasteiger partial charge in [0, 0.05) is 15.6 Å². The number of aromatic nitrogens is 1. The normalized spacial score (nSPS) is 15.2. The van der Waals surface area contributed by atoms with Crippen LogP contribution in [0.15, 0.2) is 92.6 Å². The van der Waals surface area contributed by atoms with E-state index in [0.29, 0.717) is 37.5 Å². The SMILES string of the molecule is CCOC(=O)C1=C(c2ccccc2)N=c2s/c(=C\c3cc(Br)ccc3OC)c(=O)n2[C@@H]1c1ccc(F)cc1. The van der Waals surface area contributed by atoms with E-state index in [9.17, 15) is 14.0 Å². The molecule has 192 valence electrons. The Morgan fingerprint density at radius 2 is 1.87 bits per heavy atom. The van der Waals surface area contributed by atoms with E-state index in [1.54, 1.807) is 38.3 Å². The number of carbonyl (C=O) groups excluding carboxylic acids is 1. The molecule has 4 aromatic rings. The summed E-state index contributed by atoms with van der Waals surface area (Å²) in [6, 6.07) is 19.7. The number of hydrogen-bond donors (Lipinski definition) is 0. The average Bonchev–Trinajstić information content (AvgIpc) is 3.23. The van der Waals surface area contributed by atoms with Crippen molar-refractivity contribution in [1.82, 2.24) is 4.57 Å². The van der Waals surface area contributed by atoms with Crippen molar-refractivity contribution < 1.29 is 18.7 Å². The predicted octanol–water partition coefficient (Wildman–Crippen LogP) is 4.85. The first-order chi connectivity index (χ1) is 18.4. The van der Waals surface area contributed by atoms with Gasteiger partial charge in [0.15, 0.2) is 4.80 Å². The first-order valence-electron chi connectivity index (χ1n) is 11.8. The van der Waals surface area contributed by atoms with Crippen molar-refractivity contribution in [1.29, 1.82) is 0 Å². The number of ether oxygens (including phenoxy) is 2. The van der Waals surface area contributed by atoms with Crippen LogP contribution in [0.2, 0.25) is 0 Å². The summed E-state index contributed by atoms with van der Waals surface area (Å²) in [7, 11) is 1.56. The van der Waals surface area contributed by atoms with Crippen molar-refractivity contribution in [2.75, 3.05) is 13.7 Å². The van der Waals surface area contributed by atoms with E-state index in [4.69, 9.17) is 14.5 Å². The average molecular weight is 593 g/mol. The summed E-state index contributed by atoms with van der Waals surface area (Å²) in [6.07, 6.45) is 1.74. The summed E-state index contributed by atoms with van der Waals surface area (Å²) >= 11 is 4.68. The second kappa shape index (κ2) is 10.9. The highest BCUT2D eigenvalue weighted by atomic mass is 79.9.